The zero-order valence-electron chi connectivity index (χ0n) is 13.3. The lowest BCUT2D eigenvalue weighted by molar-refractivity contribution is 0.372. The summed E-state index contributed by atoms with van der Waals surface area (Å²) in [6, 6.07) is 0.508. The van der Waals surface area contributed by atoms with E-state index in [-0.39, 0.29) is 0 Å². The Morgan fingerprint density at radius 2 is 1.50 bits per heavy atom. The van der Waals surface area contributed by atoms with Crippen LogP contribution in [-0.4, -0.2) is 10.9 Å². The van der Waals surface area contributed by atoms with Crippen molar-refractivity contribution in [2.45, 2.75) is 61.4 Å². The first-order valence-corrected chi connectivity index (χ1v) is 7.15. The van der Waals surface area contributed by atoms with Crippen molar-refractivity contribution >= 4 is 0 Å². The second kappa shape index (κ2) is 5.77. The van der Waals surface area contributed by atoms with Crippen molar-refractivity contribution in [1.82, 2.24) is 4.90 Å². The van der Waals surface area contributed by atoms with Crippen LogP contribution in [0, 0.1) is 11.8 Å². The summed E-state index contributed by atoms with van der Waals surface area (Å²) in [7, 11) is 0. The Morgan fingerprint density at radius 1 is 0.944 bits per heavy atom. The van der Waals surface area contributed by atoms with E-state index in [1.165, 1.54) is 22.4 Å². The smallest absolute Gasteiger partial charge is 0.0432 e. The highest BCUT2D eigenvalue weighted by Crippen LogP contribution is 2.36. The maximum absolute atomic E-state index is 2.41. The van der Waals surface area contributed by atoms with Gasteiger partial charge in [0.05, 0.1) is 0 Å². The van der Waals surface area contributed by atoms with Crippen LogP contribution in [0.4, 0.5) is 0 Å². The molecule has 1 aliphatic rings. The third kappa shape index (κ3) is 2.88. The largest absolute Gasteiger partial charge is 0.345 e. The fourth-order valence-electron chi connectivity index (χ4n) is 2.67. The molecule has 18 heavy (non-hydrogen) atoms. The van der Waals surface area contributed by atoms with E-state index >= 15 is 0 Å². The molecule has 1 aliphatic heterocycles. The minimum absolute atomic E-state index is 0.508. The van der Waals surface area contributed by atoms with Gasteiger partial charge in [0.2, 0.25) is 0 Å². The van der Waals surface area contributed by atoms with Gasteiger partial charge in [-0.3, -0.25) is 0 Å². The van der Waals surface area contributed by atoms with Gasteiger partial charge in [-0.25, -0.2) is 0 Å². The summed E-state index contributed by atoms with van der Waals surface area (Å²) in [5.41, 5.74) is 5.88. The minimum atomic E-state index is 0.508. The molecule has 1 rings (SSSR count). The molecule has 0 N–H and O–H groups in total. The van der Waals surface area contributed by atoms with Crippen LogP contribution in [0.3, 0.4) is 0 Å². The molecular weight excluding hydrogens is 218 g/mol. The molecular formula is C17H29N. The average molecular weight is 247 g/mol. The Labute approximate surface area is 113 Å². The van der Waals surface area contributed by atoms with E-state index in [0.29, 0.717) is 17.9 Å². The third-order valence-corrected chi connectivity index (χ3v) is 3.47. The predicted octanol–water partition coefficient (Wildman–Crippen LogP) is 5.13. The first kappa shape index (κ1) is 15.1. The molecule has 0 fully saturated rings. The molecule has 0 aliphatic carbocycles. The van der Waals surface area contributed by atoms with Crippen LogP contribution in [0.1, 0.15) is 55.4 Å². The number of hydrogen-bond donors (Lipinski definition) is 0. The molecule has 0 unspecified atom stereocenters. The highest BCUT2D eigenvalue weighted by molar-refractivity contribution is 5.47. The molecule has 0 amide bonds. The van der Waals surface area contributed by atoms with E-state index in [2.05, 4.69) is 72.6 Å². The Kier molecular flexibility index (Phi) is 4.84. The lowest BCUT2D eigenvalue weighted by Gasteiger charge is -2.37. The second-order valence-electron chi connectivity index (χ2n) is 6.34. The zero-order chi connectivity index (χ0) is 14.0. The quantitative estimate of drug-likeness (QED) is 0.668. The van der Waals surface area contributed by atoms with Crippen LogP contribution in [0.2, 0.25) is 0 Å². The van der Waals surface area contributed by atoms with Gasteiger partial charge in [-0.1, -0.05) is 33.3 Å². The van der Waals surface area contributed by atoms with Gasteiger partial charge in [-0.15, -0.1) is 0 Å². The predicted molar refractivity (Wildman–Crippen MR) is 81.2 cm³/mol. The van der Waals surface area contributed by atoms with Gasteiger partial charge in [0.15, 0.2) is 0 Å². The molecule has 0 bridgehead atoms. The summed E-state index contributed by atoms with van der Waals surface area (Å²) >= 11 is 0. The van der Waals surface area contributed by atoms with Crippen molar-refractivity contribution in [3.8, 4) is 0 Å². The van der Waals surface area contributed by atoms with E-state index in [4.69, 9.17) is 0 Å². The molecule has 0 radical (unpaired) electrons. The van der Waals surface area contributed by atoms with E-state index in [9.17, 15) is 0 Å². The Bertz CT molecular complexity index is 388. The summed E-state index contributed by atoms with van der Waals surface area (Å²) < 4.78 is 0. The monoisotopic (exact) mass is 247 g/mol. The van der Waals surface area contributed by atoms with Gasteiger partial charge < -0.3 is 4.90 Å². The summed E-state index contributed by atoms with van der Waals surface area (Å²) in [6.45, 7) is 18.1. The second-order valence-corrected chi connectivity index (χ2v) is 6.34. The van der Waals surface area contributed by atoms with Crippen LogP contribution in [0.5, 0.6) is 0 Å². The van der Waals surface area contributed by atoms with E-state index in [1.54, 1.807) is 0 Å². The van der Waals surface area contributed by atoms with Crippen molar-refractivity contribution < 1.29 is 0 Å². The summed E-state index contributed by atoms with van der Waals surface area (Å²) in [6.07, 6.45) is 4.57. The fourth-order valence-corrected chi connectivity index (χ4v) is 2.67. The van der Waals surface area contributed by atoms with Crippen LogP contribution in [0.25, 0.3) is 0 Å². The SMILES string of the molecule is CC(C)=C1C(C(C)C)=C(C(C)C)C=CN1C(C)C. The lowest BCUT2D eigenvalue weighted by atomic mass is 9.84. The van der Waals surface area contributed by atoms with Crippen molar-refractivity contribution in [1.29, 1.82) is 0 Å². The van der Waals surface area contributed by atoms with Gasteiger partial charge in [0, 0.05) is 17.9 Å². The van der Waals surface area contributed by atoms with Gasteiger partial charge in [-0.05, 0) is 56.8 Å². The van der Waals surface area contributed by atoms with Crippen molar-refractivity contribution in [2.75, 3.05) is 0 Å². The Hall–Kier alpha value is -0.980. The van der Waals surface area contributed by atoms with Crippen LogP contribution < -0.4 is 0 Å². The van der Waals surface area contributed by atoms with Crippen LogP contribution in [0.15, 0.2) is 34.7 Å². The number of hydrogen-bond acceptors (Lipinski definition) is 1. The molecule has 1 nitrogen and oxygen atoms in total. The van der Waals surface area contributed by atoms with Gasteiger partial charge in [0.25, 0.3) is 0 Å². The number of nitrogens with zero attached hydrogens (tertiary/aromatic N) is 1. The molecule has 102 valence electrons. The third-order valence-electron chi connectivity index (χ3n) is 3.47. The normalized spacial score (nSPS) is 16.6. The molecule has 0 saturated carbocycles. The van der Waals surface area contributed by atoms with Gasteiger partial charge in [0.1, 0.15) is 0 Å². The average Bonchev–Trinajstić information content (AvgIpc) is 2.26. The molecule has 0 aromatic rings. The van der Waals surface area contributed by atoms with Crippen LogP contribution >= 0.6 is 0 Å². The molecule has 0 atom stereocenters. The van der Waals surface area contributed by atoms with E-state index in [1.807, 2.05) is 0 Å². The zero-order valence-corrected chi connectivity index (χ0v) is 13.3. The minimum Gasteiger partial charge on any atom is -0.345 e. The first-order chi connectivity index (χ1) is 8.27. The van der Waals surface area contributed by atoms with Crippen LogP contribution in [-0.2, 0) is 0 Å². The first-order valence-electron chi connectivity index (χ1n) is 7.15. The standard InChI is InChI=1S/C17H29N/c1-11(2)15-9-10-18(14(7)8)17(13(5)6)16(15)12(3)4/h9-12,14H,1-8H3. The Balaban J connectivity index is 3.44. The fraction of sp³-hybridized carbons (Fsp3) is 0.647. The molecule has 0 aromatic heterocycles. The number of allylic oxidation sites excluding steroid dienone is 4. The molecule has 1 heterocycles. The molecule has 0 spiro atoms. The highest BCUT2D eigenvalue weighted by atomic mass is 15.2. The molecule has 1 heteroatoms. The molecule has 0 aromatic carbocycles. The summed E-state index contributed by atoms with van der Waals surface area (Å²) in [5.74, 6) is 1.15. The van der Waals surface area contributed by atoms with Gasteiger partial charge >= 0.3 is 0 Å². The van der Waals surface area contributed by atoms with Crippen molar-refractivity contribution in [2.24, 2.45) is 11.8 Å². The van der Waals surface area contributed by atoms with Gasteiger partial charge in [-0.2, -0.15) is 0 Å². The lowest BCUT2D eigenvalue weighted by Crippen LogP contribution is -2.31. The van der Waals surface area contributed by atoms with E-state index in [0.717, 1.165) is 0 Å². The van der Waals surface area contributed by atoms with Crippen molar-refractivity contribution in [3.63, 3.8) is 0 Å². The maximum Gasteiger partial charge on any atom is 0.0432 e. The summed E-state index contributed by atoms with van der Waals surface area (Å²) in [4.78, 5) is 2.41. The Morgan fingerprint density at radius 3 is 1.83 bits per heavy atom. The van der Waals surface area contributed by atoms with E-state index < -0.39 is 0 Å². The highest BCUT2D eigenvalue weighted by Gasteiger charge is 2.25. The van der Waals surface area contributed by atoms with Crippen molar-refractivity contribution in [3.05, 3.63) is 34.7 Å². The maximum atomic E-state index is 2.41. The molecule has 0 saturated heterocycles. The topological polar surface area (TPSA) is 3.24 Å². The number of rotatable bonds is 3. The summed E-state index contributed by atoms with van der Waals surface area (Å²) in [5, 5.41) is 0.